The first kappa shape index (κ1) is 27.3. The monoisotopic (exact) mass is 534 g/mol. The van der Waals surface area contributed by atoms with Crippen LogP contribution in [0, 0.1) is 5.92 Å². The van der Waals surface area contributed by atoms with Crippen molar-refractivity contribution in [2.45, 2.75) is 51.6 Å². The summed E-state index contributed by atoms with van der Waals surface area (Å²) in [5.41, 5.74) is 4.11. The number of amides is 2. The lowest BCUT2D eigenvalue weighted by Crippen LogP contribution is -2.46. The fraction of sp³-hybridized carbons (Fsp3) is 0.548. The number of nitrogens with zero attached hydrogens (tertiary/aromatic N) is 3. The van der Waals surface area contributed by atoms with Gasteiger partial charge in [0.05, 0.1) is 20.3 Å². The van der Waals surface area contributed by atoms with Crippen LogP contribution in [0.2, 0.25) is 0 Å². The van der Waals surface area contributed by atoms with Gasteiger partial charge in [-0.1, -0.05) is 25.5 Å². The molecule has 2 aromatic rings. The average Bonchev–Trinajstić information content (AvgIpc) is 3.27. The van der Waals surface area contributed by atoms with E-state index < -0.39 is 0 Å². The van der Waals surface area contributed by atoms with Crippen molar-refractivity contribution in [3.63, 3.8) is 0 Å². The third-order valence-corrected chi connectivity index (χ3v) is 8.73. The van der Waals surface area contributed by atoms with E-state index in [0.29, 0.717) is 24.6 Å². The van der Waals surface area contributed by atoms with E-state index in [-0.39, 0.29) is 23.8 Å². The Morgan fingerprint density at radius 1 is 1.05 bits per heavy atom. The summed E-state index contributed by atoms with van der Waals surface area (Å²) in [5.74, 6) is 1.73. The summed E-state index contributed by atoms with van der Waals surface area (Å²) in [6.45, 7) is 8.49. The lowest BCUT2D eigenvalue weighted by molar-refractivity contribution is -0.127. The van der Waals surface area contributed by atoms with Crippen molar-refractivity contribution in [2.75, 3.05) is 58.4 Å². The van der Waals surface area contributed by atoms with Crippen molar-refractivity contribution in [3.8, 4) is 11.5 Å². The Labute approximate surface area is 232 Å². The van der Waals surface area contributed by atoms with E-state index in [4.69, 9.17) is 9.47 Å². The van der Waals surface area contributed by atoms with Crippen molar-refractivity contribution in [1.82, 2.24) is 15.1 Å². The number of likely N-dealkylation sites (N-methyl/N-ethyl adjacent to an activating group) is 1. The zero-order chi connectivity index (χ0) is 27.4. The zero-order valence-corrected chi connectivity index (χ0v) is 23.6. The maximum Gasteiger partial charge on any atom is 0.255 e. The molecule has 2 aliphatic heterocycles. The summed E-state index contributed by atoms with van der Waals surface area (Å²) in [4.78, 5) is 33.1. The number of ether oxygens (including phenoxy) is 2. The van der Waals surface area contributed by atoms with Crippen molar-refractivity contribution in [1.29, 1.82) is 0 Å². The average molecular weight is 535 g/mol. The summed E-state index contributed by atoms with van der Waals surface area (Å²) in [6.07, 6.45) is 4.66. The summed E-state index contributed by atoms with van der Waals surface area (Å²) >= 11 is 0. The molecule has 0 radical (unpaired) electrons. The fourth-order valence-corrected chi connectivity index (χ4v) is 6.08. The first-order valence-corrected chi connectivity index (χ1v) is 14.4. The number of hydrogen-bond acceptors (Lipinski definition) is 6. The largest absolute Gasteiger partial charge is 0.493 e. The topological polar surface area (TPSA) is 74.3 Å². The Kier molecular flexibility index (Phi) is 8.60. The van der Waals surface area contributed by atoms with Crippen LogP contribution in [0.1, 0.15) is 66.6 Å². The minimum atomic E-state index is -0.143. The molecule has 210 valence electrons. The number of anilines is 1. The molecule has 8 heteroatoms. The molecular weight excluding hydrogens is 492 g/mol. The van der Waals surface area contributed by atoms with Gasteiger partial charge in [0.2, 0.25) is 5.91 Å². The summed E-state index contributed by atoms with van der Waals surface area (Å²) in [6, 6.07) is 11.9. The van der Waals surface area contributed by atoms with Crippen LogP contribution in [-0.4, -0.2) is 75.1 Å². The van der Waals surface area contributed by atoms with Crippen molar-refractivity contribution in [2.24, 2.45) is 5.92 Å². The van der Waals surface area contributed by atoms with Crippen LogP contribution in [0.4, 0.5) is 5.69 Å². The second-order valence-electron chi connectivity index (χ2n) is 10.8. The first-order valence-electron chi connectivity index (χ1n) is 14.4. The van der Waals surface area contributed by atoms with E-state index in [0.717, 1.165) is 81.5 Å². The van der Waals surface area contributed by atoms with Gasteiger partial charge in [0.25, 0.3) is 5.91 Å². The standard InChI is InChI=1S/C31H42N4O4/c1-4-33-16-18-34(19-17-33)27-11-6-10-24-25(27)21-35(31(24)37)26(12-7-15-32-30(36)22-8-5-9-22)23-13-14-28(38-2)29(20-23)39-3/h6,10-11,13-14,20,22,26H,4-5,7-9,12,15-19,21H2,1-3H3,(H,32,36)/t26-/m1/s1. The molecule has 8 nitrogen and oxygen atoms in total. The number of carbonyl (C=O) groups excluding carboxylic acids is 2. The van der Waals surface area contributed by atoms with Gasteiger partial charge in [0.1, 0.15) is 0 Å². The highest BCUT2D eigenvalue weighted by Gasteiger charge is 2.36. The van der Waals surface area contributed by atoms with Gasteiger partial charge in [-0.25, -0.2) is 0 Å². The van der Waals surface area contributed by atoms with E-state index in [9.17, 15) is 9.59 Å². The molecule has 1 saturated heterocycles. The Hall–Kier alpha value is -3.26. The van der Waals surface area contributed by atoms with E-state index >= 15 is 0 Å². The molecule has 1 N–H and O–H groups in total. The van der Waals surface area contributed by atoms with E-state index in [1.54, 1.807) is 14.2 Å². The van der Waals surface area contributed by atoms with Crippen molar-refractivity contribution < 1.29 is 19.1 Å². The molecule has 1 saturated carbocycles. The van der Waals surface area contributed by atoms with Crippen LogP contribution in [0.15, 0.2) is 36.4 Å². The van der Waals surface area contributed by atoms with Crippen LogP contribution in [-0.2, 0) is 11.3 Å². The maximum absolute atomic E-state index is 13.9. The Morgan fingerprint density at radius 3 is 2.49 bits per heavy atom. The van der Waals surface area contributed by atoms with Gasteiger partial charge < -0.3 is 29.5 Å². The molecule has 1 aliphatic carbocycles. The second kappa shape index (κ2) is 12.3. The molecule has 0 bridgehead atoms. The lowest BCUT2D eigenvalue weighted by Gasteiger charge is -2.36. The fourth-order valence-electron chi connectivity index (χ4n) is 6.08. The molecular formula is C31H42N4O4. The van der Waals surface area contributed by atoms with Crippen LogP contribution < -0.4 is 19.7 Å². The molecule has 1 atom stereocenters. The molecule has 3 aliphatic rings. The summed E-state index contributed by atoms with van der Waals surface area (Å²) in [5, 5.41) is 3.11. The molecule has 2 heterocycles. The van der Waals surface area contributed by atoms with Crippen LogP contribution in [0.5, 0.6) is 11.5 Å². The lowest BCUT2D eigenvalue weighted by atomic mass is 9.85. The van der Waals surface area contributed by atoms with Gasteiger partial charge in [-0.15, -0.1) is 0 Å². The van der Waals surface area contributed by atoms with E-state index in [1.165, 1.54) is 5.69 Å². The van der Waals surface area contributed by atoms with E-state index in [1.807, 2.05) is 35.2 Å². The first-order chi connectivity index (χ1) is 19.0. The van der Waals surface area contributed by atoms with Gasteiger partial charge >= 0.3 is 0 Å². The highest BCUT2D eigenvalue weighted by Crippen LogP contribution is 2.40. The number of carbonyl (C=O) groups is 2. The molecule has 2 amide bonds. The number of nitrogens with one attached hydrogen (secondary N) is 1. The molecule has 0 aromatic heterocycles. The number of rotatable bonds is 11. The van der Waals surface area contributed by atoms with Crippen LogP contribution in [0.25, 0.3) is 0 Å². The maximum atomic E-state index is 13.9. The summed E-state index contributed by atoms with van der Waals surface area (Å²) in [7, 11) is 3.26. The molecule has 5 rings (SSSR count). The molecule has 2 fully saturated rings. The number of fused-ring (bicyclic) bond motifs is 1. The van der Waals surface area contributed by atoms with Crippen molar-refractivity contribution in [3.05, 3.63) is 53.1 Å². The minimum absolute atomic E-state index is 0.0670. The minimum Gasteiger partial charge on any atom is -0.493 e. The molecule has 2 aromatic carbocycles. The Bertz CT molecular complexity index is 1170. The van der Waals surface area contributed by atoms with Gasteiger partial charge in [-0.05, 0) is 62.1 Å². The summed E-state index contributed by atoms with van der Waals surface area (Å²) < 4.78 is 11.1. The number of piperazine rings is 1. The third-order valence-electron chi connectivity index (χ3n) is 8.73. The quantitative estimate of drug-likeness (QED) is 0.435. The second-order valence-corrected chi connectivity index (χ2v) is 10.8. The van der Waals surface area contributed by atoms with Gasteiger partial charge in [-0.2, -0.15) is 0 Å². The number of methoxy groups -OCH3 is 2. The number of benzene rings is 2. The third kappa shape index (κ3) is 5.71. The number of hydrogen-bond donors (Lipinski definition) is 1. The SMILES string of the molecule is CCN1CCN(c2cccc3c2CN([C@H](CCCNC(=O)C2CCC2)c2ccc(OC)c(OC)c2)C3=O)CC1. The molecule has 39 heavy (non-hydrogen) atoms. The van der Waals surface area contributed by atoms with Crippen molar-refractivity contribution >= 4 is 17.5 Å². The van der Waals surface area contributed by atoms with Gasteiger partial charge in [0, 0.05) is 62.0 Å². The Balaban J connectivity index is 1.36. The highest BCUT2D eigenvalue weighted by atomic mass is 16.5. The van der Waals surface area contributed by atoms with Crippen LogP contribution >= 0.6 is 0 Å². The predicted octanol–water partition coefficient (Wildman–Crippen LogP) is 4.24. The normalized spacial score (nSPS) is 18.5. The molecule has 0 unspecified atom stereocenters. The Morgan fingerprint density at radius 2 is 1.82 bits per heavy atom. The predicted molar refractivity (Wildman–Crippen MR) is 153 cm³/mol. The smallest absolute Gasteiger partial charge is 0.255 e. The van der Waals surface area contributed by atoms with Gasteiger partial charge in [-0.3, -0.25) is 9.59 Å². The van der Waals surface area contributed by atoms with Crippen LogP contribution in [0.3, 0.4) is 0 Å². The molecule has 0 spiro atoms. The zero-order valence-electron chi connectivity index (χ0n) is 23.6. The highest BCUT2D eigenvalue weighted by molar-refractivity contribution is 6.00. The van der Waals surface area contributed by atoms with E-state index in [2.05, 4.69) is 28.1 Å². The van der Waals surface area contributed by atoms with Gasteiger partial charge in [0.15, 0.2) is 11.5 Å².